The molecule has 0 N–H and O–H groups in total. The van der Waals surface area contributed by atoms with Gasteiger partial charge in [0, 0.05) is 31.9 Å². The normalized spacial score (nSPS) is 14.2. The van der Waals surface area contributed by atoms with Crippen LogP contribution in [0.1, 0.15) is 23.4 Å². The molecule has 104 valence electrons. The van der Waals surface area contributed by atoms with Crippen LogP contribution in [-0.2, 0) is 24.3 Å². The number of hydrogen-bond donors (Lipinski definition) is 0. The van der Waals surface area contributed by atoms with E-state index in [1.165, 1.54) is 11.1 Å². The van der Waals surface area contributed by atoms with Crippen molar-refractivity contribution in [2.45, 2.75) is 32.9 Å². The predicted octanol–water partition coefficient (Wildman–Crippen LogP) is 2.17. The average Bonchev–Trinajstić information content (AvgIpc) is 2.92. The summed E-state index contributed by atoms with van der Waals surface area (Å²) in [6.45, 7) is 4.36. The van der Waals surface area contributed by atoms with Crippen molar-refractivity contribution in [2.24, 2.45) is 0 Å². The number of amides is 1. The summed E-state index contributed by atoms with van der Waals surface area (Å²) in [5.74, 6) is 1.21. The standard InChI is InChI=1S/C16H19N3O/c1-13-3-2-4-14(11-13)5-6-16(20)19-10-9-18-8-7-17-15(18)12-19/h2-4,7-8,11H,5-6,9-10,12H2,1H3. The predicted molar refractivity (Wildman–Crippen MR) is 77.1 cm³/mol. The van der Waals surface area contributed by atoms with E-state index < -0.39 is 0 Å². The molecule has 0 aliphatic carbocycles. The number of carbonyl (C=O) groups excluding carboxylic acids is 1. The molecule has 0 unspecified atom stereocenters. The van der Waals surface area contributed by atoms with Gasteiger partial charge in [-0.25, -0.2) is 4.98 Å². The quantitative estimate of drug-likeness (QED) is 0.856. The van der Waals surface area contributed by atoms with Crippen LogP contribution in [0.4, 0.5) is 0 Å². The molecule has 1 aliphatic heterocycles. The molecular weight excluding hydrogens is 250 g/mol. The molecule has 1 amide bonds. The molecule has 0 saturated carbocycles. The summed E-state index contributed by atoms with van der Waals surface area (Å²) in [7, 11) is 0. The van der Waals surface area contributed by atoms with Crippen LogP contribution in [0.2, 0.25) is 0 Å². The number of aryl methyl sites for hydroxylation is 2. The monoisotopic (exact) mass is 269 g/mol. The van der Waals surface area contributed by atoms with Crippen LogP contribution in [0, 0.1) is 6.92 Å². The molecule has 2 aromatic rings. The van der Waals surface area contributed by atoms with Crippen LogP contribution >= 0.6 is 0 Å². The van der Waals surface area contributed by atoms with Crippen LogP contribution in [-0.4, -0.2) is 26.9 Å². The molecule has 1 aromatic heterocycles. The van der Waals surface area contributed by atoms with Gasteiger partial charge in [0.2, 0.25) is 5.91 Å². The lowest BCUT2D eigenvalue weighted by Gasteiger charge is -2.27. The van der Waals surface area contributed by atoms with E-state index in [1.807, 2.05) is 17.2 Å². The summed E-state index contributed by atoms with van der Waals surface area (Å²) in [6, 6.07) is 8.36. The van der Waals surface area contributed by atoms with E-state index in [9.17, 15) is 4.79 Å². The fourth-order valence-electron chi connectivity index (χ4n) is 2.66. The highest BCUT2D eigenvalue weighted by molar-refractivity contribution is 5.76. The van der Waals surface area contributed by atoms with Gasteiger partial charge >= 0.3 is 0 Å². The van der Waals surface area contributed by atoms with Gasteiger partial charge < -0.3 is 9.47 Å². The van der Waals surface area contributed by atoms with E-state index in [2.05, 4.69) is 34.7 Å². The highest BCUT2D eigenvalue weighted by Gasteiger charge is 2.20. The molecule has 4 nitrogen and oxygen atoms in total. The van der Waals surface area contributed by atoms with Crippen LogP contribution < -0.4 is 0 Å². The first-order chi connectivity index (χ1) is 9.72. The van der Waals surface area contributed by atoms with Crippen molar-refractivity contribution in [3.63, 3.8) is 0 Å². The third-order valence-corrected chi connectivity index (χ3v) is 3.81. The number of rotatable bonds is 3. The summed E-state index contributed by atoms with van der Waals surface area (Å²) < 4.78 is 2.12. The van der Waals surface area contributed by atoms with Crippen molar-refractivity contribution in [3.8, 4) is 0 Å². The largest absolute Gasteiger partial charge is 0.333 e. The smallest absolute Gasteiger partial charge is 0.223 e. The second-order valence-corrected chi connectivity index (χ2v) is 5.34. The zero-order valence-corrected chi connectivity index (χ0v) is 11.7. The van der Waals surface area contributed by atoms with Gasteiger partial charge in [-0.05, 0) is 18.9 Å². The van der Waals surface area contributed by atoms with Crippen LogP contribution in [0.15, 0.2) is 36.7 Å². The first kappa shape index (κ1) is 12.9. The van der Waals surface area contributed by atoms with Crippen molar-refractivity contribution in [1.29, 1.82) is 0 Å². The first-order valence-corrected chi connectivity index (χ1v) is 7.06. The van der Waals surface area contributed by atoms with Gasteiger partial charge in [0.15, 0.2) is 0 Å². The molecule has 1 aliphatic rings. The Hall–Kier alpha value is -2.10. The Morgan fingerprint density at radius 1 is 1.35 bits per heavy atom. The number of nitrogens with zero attached hydrogens (tertiary/aromatic N) is 3. The summed E-state index contributed by atoms with van der Waals surface area (Å²) in [4.78, 5) is 18.5. The molecule has 20 heavy (non-hydrogen) atoms. The molecule has 3 rings (SSSR count). The SMILES string of the molecule is Cc1cccc(CCC(=O)N2CCn3ccnc3C2)c1. The minimum Gasteiger partial charge on any atom is -0.333 e. The highest BCUT2D eigenvalue weighted by Crippen LogP contribution is 2.13. The highest BCUT2D eigenvalue weighted by atomic mass is 16.2. The van der Waals surface area contributed by atoms with Gasteiger partial charge in [-0.15, -0.1) is 0 Å². The van der Waals surface area contributed by atoms with E-state index in [0.717, 1.165) is 25.3 Å². The van der Waals surface area contributed by atoms with Gasteiger partial charge in [-0.2, -0.15) is 0 Å². The van der Waals surface area contributed by atoms with E-state index >= 15 is 0 Å². The van der Waals surface area contributed by atoms with Gasteiger partial charge in [0.1, 0.15) is 5.82 Å². The Labute approximate surface area is 119 Å². The van der Waals surface area contributed by atoms with Gasteiger partial charge in [0.25, 0.3) is 0 Å². The Balaban J connectivity index is 1.58. The van der Waals surface area contributed by atoms with Gasteiger partial charge in [-0.3, -0.25) is 4.79 Å². The number of fused-ring (bicyclic) bond motifs is 1. The molecule has 0 fully saturated rings. The minimum atomic E-state index is 0.223. The number of imidazole rings is 1. The summed E-state index contributed by atoms with van der Waals surface area (Å²) in [5, 5.41) is 0. The van der Waals surface area contributed by atoms with Crippen molar-refractivity contribution >= 4 is 5.91 Å². The van der Waals surface area contributed by atoms with Crippen molar-refractivity contribution in [1.82, 2.24) is 14.5 Å². The van der Waals surface area contributed by atoms with E-state index in [4.69, 9.17) is 0 Å². The molecule has 1 aromatic carbocycles. The number of benzene rings is 1. The van der Waals surface area contributed by atoms with Gasteiger partial charge in [0.05, 0.1) is 6.54 Å². The topological polar surface area (TPSA) is 38.1 Å². The van der Waals surface area contributed by atoms with Crippen molar-refractivity contribution in [2.75, 3.05) is 6.54 Å². The lowest BCUT2D eigenvalue weighted by molar-refractivity contribution is -0.132. The second kappa shape index (κ2) is 5.49. The molecule has 0 atom stereocenters. The van der Waals surface area contributed by atoms with Crippen molar-refractivity contribution in [3.05, 3.63) is 53.6 Å². The van der Waals surface area contributed by atoms with Crippen molar-refractivity contribution < 1.29 is 4.79 Å². The van der Waals surface area contributed by atoms with Gasteiger partial charge in [-0.1, -0.05) is 29.8 Å². The summed E-state index contributed by atoms with van der Waals surface area (Å²) in [5.41, 5.74) is 2.48. The third kappa shape index (κ3) is 2.74. The molecule has 0 spiro atoms. The molecule has 0 radical (unpaired) electrons. The van der Waals surface area contributed by atoms with Crippen LogP contribution in [0.3, 0.4) is 0 Å². The van der Waals surface area contributed by atoms with Crippen LogP contribution in [0.25, 0.3) is 0 Å². The summed E-state index contributed by atoms with van der Waals surface area (Å²) >= 11 is 0. The van der Waals surface area contributed by atoms with E-state index in [-0.39, 0.29) is 5.91 Å². The average molecular weight is 269 g/mol. The zero-order chi connectivity index (χ0) is 13.9. The Morgan fingerprint density at radius 3 is 3.10 bits per heavy atom. The Bertz CT molecular complexity index is 618. The number of carbonyl (C=O) groups is 1. The molecular formula is C16H19N3O. The number of hydrogen-bond acceptors (Lipinski definition) is 2. The third-order valence-electron chi connectivity index (χ3n) is 3.81. The second-order valence-electron chi connectivity index (χ2n) is 5.34. The lowest BCUT2D eigenvalue weighted by Crippen LogP contribution is -2.38. The minimum absolute atomic E-state index is 0.223. The lowest BCUT2D eigenvalue weighted by atomic mass is 10.1. The first-order valence-electron chi connectivity index (χ1n) is 7.06. The molecule has 0 bridgehead atoms. The Kier molecular flexibility index (Phi) is 3.54. The maximum absolute atomic E-state index is 12.3. The van der Waals surface area contributed by atoms with Crippen LogP contribution in [0.5, 0.6) is 0 Å². The molecule has 2 heterocycles. The fraction of sp³-hybridized carbons (Fsp3) is 0.375. The Morgan fingerprint density at radius 2 is 2.25 bits per heavy atom. The maximum Gasteiger partial charge on any atom is 0.223 e. The van der Waals surface area contributed by atoms with E-state index in [1.54, 1.807) is 6.20 Å². The molecule has 4 heteroatoms. The maximum atomic E-state index is 12.3. The molecule has 0 saturated heterocycles. The number of aromatic nitrogens is 2. The summed E-state index contributed by atoms with van der Waals surface area (Å²) in [6.07, 6.45) is 5.16. The fourth-order valence-corrected chi connectivity index (χ4v) is 2.66. The van der Waals surface area contributed by atoms with E-state index in [0.29, 0.717) is 13.0 Å². The zero-order valence-electron chi connectivity index (χ0n) is 11.7.